The summed E-state index contributed by atoms with van der Waals surface area (Å²) in [5, 5.41) is 3.34. The van der Waals surface area contributed by atoms with E-state index in [2.05, 4.69) is 15.1 Å². The predicted molar refractivity (Wildman–Crippen MR) is 53.9 cm³/mol. The summed E-state index contributed by atoms with van der Waals surface area (Å²) >= 11 is 5.61. The Kier molecular flexibility index (Phi) is 2.78. The van der Waals surface area contributed by atoms with Crippen LogP contribution in [0, 0.1) is 6.92 Å². The summed E-state index contributed by atoms with van der Waals surface area (Å²) in [6.45, 7) is 1.66. The highest BCUT2D eigenvalue weighted by Crippen LogP contribution is 2.27. The molecule has 4 nitrogen and oxygen atoms in total. The highest BCUT2D eigenvalue weighted by atomic mass is 35.5. The van der Waals surface area contributed by atoms with Crippen molar-refractivity contribution in [2.75, 3.05) is 0 Å². The molecule has 90 valence electrons. The normalized spacial score (nSPS) is 11.8. The third-order valence-corrected chi connectivity index (χ3v) is 2.10. The standard InChI is InChI=1S/C9H6ClF3N4/c1-5-4-7(15-8(10)14-5)17-3-2-6(16-17)9(11,12)13/h2-4H,1H3. The Bertz CT molecular complexity index is 529. The number of halogens is 4. The summed E-state index contributed by atoms with van der Waals surface area (Å²) in [7, 11) is 0. The fraction of sp³-hybridized carbons (Fsp3) is 0.222. The van der Waals surface area contributed by atoms with Gasteiger partial charge in [-0.15, -0.1) is 0 Å². The molecule has 0 atom stereocenters. The Morgan fingerprint density at radius 2 is 2.00 bits per heavy atom. The number of nitrogens with zero attached hydrogens (tertiary/aromatic N) is 4. The van der Waals surface area contributed by atoms with E-state index >= 15 is 0 Å². The lowest BCUT2D eigenvalue weighted by Crippen LogP contribution is -2.08. The third kappa shape index (κ3) is 2.55. The van der Waals surface area contributed by atoms with Gasteiger partial charge in [-0.05, 0) is 24.6 Å². The molecule has 0 fully saturated rings. The number of hydrogen-bond donors (Lipinski definition) is 0. The molecule has 17 heavy (non-hydrogen) atoms. The van der Waals surface area contributed by atoms with Crippen molar-refractivity contribution in [2.45, 2.75) is 13.1 Å². The van der Waals surface area contributed by atoms with E-state index in [1.54, 1.807) is 6.92 Å². The Labute approximate surface area is 99.1 Å². The van der Waals surface area contributed by atoms with Gasteiger partial charge in [-0.2, -0.15) is 23.3 Å². The Balaban J connectivity index is 2.44. The molecule has 2 heterocycles. The largest absolute Gasteiger partial charge is 0.435 e. The Hall–Kier alpha value is -1.63. The molecule has 0 aliphatic rings. The van der Waals surface area contributed by atoms with E-state index in [0.717, 1.165) is 10.7 Å². The number of hydrogen-bond acceptors (Lipinski definition) is 3. The first-order valence-corrected chi connectivity index (χ1v) is 4.88. The van der Waals surface area contributed by atoms with Gasteiger partial charge in [-0.25, -0.2) is 9.67 Å². The van der Waals surface area contributed by atoms with Crippen LogP contribution in [0.4, 0.5) is 13.2 Å². The van der Waals surface area contributed by atoms with Crippen molar-refractivity contribution in [1.29, 1.82) is 0 Å². The Morgan fingerprint density at radius 3 is 2.53 bits per heavy atom. The molecular weight excluding hydrogens is 257 g/mol. The highest BCUT2D eigenvalue weighted by molar-refractivity contribution is 6.28. The van der Waals surface area contributed by atoms with Gasteiger partial charge in [0.05, 0.1) is 0 Å². The quantitative estimate of drug-likeness (QED) is 0.742. The average molecular weight is 263 g/mol. The SMILES string of the molecule is Cc1cc(-n2ccc(C(F)(F)F)n2)nc(Cl)n1. The topological polar surface area (TPSA) is 43.6 Å². The predicted octanol–water partition coefficient (Wildman–Crippen LogP) is 2.64. The van der Waals surface area contributed by atoms with Crippen molar-refractivity contribution in [3.63, 3.8) is 0 Å². The third-order valence-electron chi connectivity index (χ3n) is 1.93. The van der Waals surface area contributed by atoms with Gasteiger partial charge < -0.3 is 0 Å². The molecule has 0 unspecified atom stereocenters. The van der Waals surface area contributed by atoms with Gasteiger partial charge in [0.15, 0.2) is 11.5 Å². The molecule has 2 aromatic heterocycles. The van der Waals surface area contributed by atoms with Crippen LogP contribution in [0.25, 0.3) is 5.82 Å². The fourth-order valence-corrected chi connectivity index (χ4v) is 1.46. The van der Waals surface area contributed by atoms with Gasteiger partial charge in [0, 0.05) is 18.0 Å². The molecule has 0 aliphatic carbocycles. The van der Waals surface area contributed by atoms with Crippen LogP contribution in [-0.2, 0) is 6.18 Å². The molecule has 0 N–H and O–H groups in total. The van der Waals surface area contributed by atoms with Crippen LogP contribution in [0.1, 0.15) is 11.4 Å². The molecule has 0 saturated heterocycles. The fourth-order valence-electron chi connectivity index (χ4n) is 1.24. The molecule has 0 bridgehead atoms. The van der Waals surface area contributed by atoms with E-state index in [4.69, 9.17) is 11.6 Å². The van der Waals surface area contributed by atoms with Gasteiger partial charge in [-0.1, -0.05) is 0 Å². The van der Waals surface area contributed by atoms with E-state index < -0.39 is 11.9 Å². The van der Waals surface area contributed by atoms with Crippen molar-refractivity contribution in [1.82, 2.24) is 19.7 Å². The second kappa shape index (κ2) is 3.99. The van der Waals surface area contributed by atoms with Gasteiger partial charge in [-0.3, -0.25) is 0 Å². The van der Waals surface area contributed by atoms with Gasteiger partial charge >= 0.3 is 6.18 Å². The van der Waals surface area contributed by atoms with Gasteiger partial charge in [0.25, 0.3) is 0 Å². The lowest BCUT2D eigenvalue weighted by atomic mass is 10.4. The number of aromatic nitrogens is 4. The van der Waals surface area contributed by atoms with E-state index in [-0.39, 0.29) is 11.1 Å². The molecule has 0 aliphatic heterocycles. The van der Waals surface area contributed by atoms with Crippen molar-refractivity contribution < 1.29 is 13.2 Å². The van der Waals surface area contributed by atoms with Gasteiger partial charge in [0.2, 0.25) is 5.28 Å². The summed E-state index contributed by atoms with van der Waals surface area (Å²) in [5.74, 6) is 0.193. The van der Waals surface area contributed by atoms with Crippen LogP contribution in [0.15, 0.2) is 18.3 Å². The van der Waals surface area contributed by atoms with E-state index in [1.807, 2.05) is 0 Å². The molecular formula is C9H6ClF3N4. The number of rotatable bonds is 1. The second-order valence-electron chi connectivity index (χ2n) is 3.28. The average Bonchev–Trinajstić information content (AvgIpc) is 2.63. The zero-order valence-corrected chi connectivity index (χ0v) is 9.29. The van der Waals surface area contributed by atoms with Crippen molar-refractivity contribution >= 4 is 11.6 Å². The van der Waals surface area contributed by atoms with Crippen LogP contribution in [0.5, 0.6) is 0 Å². The highest BCUT2D eigenvalue weighted by Gasteiger charge is 2.33. The zero-order valence-electron chi connectivity index (χ0n) is 8.53. The number of alkyl halides is 3. The first-order chi connectivity index (χ1) is 7.86. The van der Waals surface area contributed by atoms with Crippen LogP contribution >= 0.6 is 11.6 Å². The summed E-state index contributed by atoms with van der Waals surface area (Å²) in [4.78, 5) is 7.59. The maximum atomic E-state index is 12.3. The lowest BCUT2D eigenvalue weighted by molar-refractivity contribution is -0.141. The monoisotopic (exact) mass is 262 g/mol. The van der Waals surface area contributed by atoms with Crippen molar-refractivity contribution in [2.24, 2.45) is 0 Å². The first-order valence-electron chi connectivity index (χ1n) is 4.51. The van der Waals surface area contributed by atoms with Crippen LogP contribution in [0.2, 0.25) is 5.28 Å². The minimum atomic E-state index is -4.48. The molecule has 2 rings (SSSR count). The van der Waals surface area contributed by atoms with Crippen LogP contribution in [0.3, 0.4) is 0 Å². The molecule has 8 heteroatoms. The number of aryl methyl sites for hydroxylation is 1. The van der Waals surface area contributed by atoms with Crippen LogP contribution in [-0.4, -0.2) is 19.7 Å². The summed E-state index contributed by atoms with van der Waals surface area (Å²) < 4.78 is 38.0. The minimum absolute atomic E-state index is 0.0379. The zero-order chi connectivity index (χ0) is 12.6. The smallest absolute Gasteiger partial charge is 0.223 e. The van der Waals surface area contributed by atoms with Crippen molar-refractivity contribution in [3.05, 3.63) is 35.0 Å². The molecule has 2 aromatic rings. The molecule has 0 aromatic carbocycles. The Morgan fingerprint density at radius 1 is 1.29 bits per heavy atom. The second-order valence-corrected chi connectivity index (χ2v) is 3.62. The van der Waals surface area contributed by atoms with Crippen molar-refractivity contribution in [3.8, 4) is 5.82 Å². The van der Waals surface area contributed by atoms with Gasteiger partial charge in [0.1, 0.15) is 0 Å². The van der Waals surface area contributed by atoms with Crippen LogP contribution < -0.4 is 0 Å². The molecule has 0 amide bonds. The summed E-state index contributed by atoms with van der Waals surface area (Å²) in [5.41, 5.74) is -0.436. The lowest BCUT2D eigenvalue weighted by Gasteiger charge is -2.03. The first kappa shape index (κ1) is 11.8. The molecule has 0 spiro atoms. The molecule has 0 saturated carbocycles. The van der Waals surface area contributed by atoms with E-state index in [0.29, 0.717) is 5.69 Å². The minimum Gasteiger partial charge on any atom is -0.223 e. The maximum Gasteiger partial charge on any atom is 0.435 e. The summed E-state index contributed by atoms with van der Waals surface area (Å²) in [6.07, 6.45) is -3.31. The van der Waals surface area contributed by atoms with E-state index in [9.17, 15) is 13.2 Å². The van der Waals surface area contributed by atoms with E-state index in [1.165, 1.54) is 12.3 Å². The summed E-state index contributed by atoms with van der Waals surface area (Å²) in [6, 6.07) is 2.35. The maximum absolute atomic E-state index is 12.3. The molecule has 0 radical (unpaired) electrons.